The van der Waals surface area contributed by atoms with Crippen LogP contribution >= 0.6 is 0 Å². The highest BCUT2D eigenvalue weighted by molar-refractivity contribution is 7.92. The summed E-state index contributed by atoms with van der Waals surface area (Å²) in [6, 6.07) is 4.99. The molecule has 2 aromatic rings. The summed E-state index contributed by atoms with van der Waals surface area (Å²) in [5.41, 5.74) is 4.11. The molecule has 0 aliphatic rings. The first kappa shape index (κ1) is 16.6. The average molecular weight is 346 g/mol. The Balaban J connectivity index is 2.42. The van der Waals surface area contributed by atoms with Crippen LogP contribution in [0.4, 0.5) is 23.7 Å². The fourth-order valence-electron chi connectivity index (χ4n) is 1.66. The van der Waals surface area contributed by atoms with Crippen LogP contribution in [0, 0.1) is 17.5 Å². The minimum atomic E-state index is -4.61. The van der Waals surface area contributed by atoms with Crippen molar-refractivity contribution in [3.8, 4) is 5.75 Å². The van der Waals surface area contributed by atoms with Crippen LogP contribution in [-0.4, -0.2) is 14.5 Å². The van der Waals surface area contributed by atoms with Crippen molar-refractivity contribution in [1.29, 1.82) is 0 Å². The van der Waals surface area contributed by atoms with E-state index in [9.17, 15) is 26.4 Å². The van der Waals surface area contributed by atoms with E-state index >= 15 is 0 Å². The van der Waals surface area contributed by atoms with Gasteiger partial charge in [-0.3, -0.25) is 4.72 Å². The quantitative estimate of drug-likeness (QED) is 0.888. The highest BCUT2D eigenvalue weighted by Crippen LogP contribution is 2.27. The van der Waals surface area contributed by atoms with Gasteiger partial charge >= 0.3 is 6.09 Å². The molecule has 0 aliphatic carbocycles. The molecule has 23 heavy (non-hydrogen) atoms. The van der Waals surface area contributed by atoms with Gasteiger partial charge < -0.3 is 10.5 Å². The van der Waals surface area contributed by atoms with Gasteiger partial charge in [0.2, 0.25) is 0 Å². The molecule has 0 spiro atoms. The van der Waals surface area contributed by atoms with E-state index < -0.39 is 49.9 Å². The summed E-state index contributed by atoms with van der Waals surface area (Å²) in [5, 5.41) is 0. The molecule has 6 nitrogen and oxygen atoms in total. The van der Waals surface area contributed by atoms with E-state index in [0.717, 1.165) is 18.2 Å². The van der Waals surface area contributed by atoms with Gasteiger partial charge in [0, 0.05) is 0 Å². The van der Waals surface area contributed by atoms with Crippen molar-refractivity contribution in [2.24, 2.45) is 5.73 Å². The Kier molecular flexibility index (Phi) is 4.45. The van der Waals surface area contributed by atoms with Gasteiger partial charge in [0.05, 0.1) is 5.69 Å². The van der Waals surface area contributed by atoms with Crippen molar-refractivity contribution < 1.29 is 31.1 Å². The molecule has 3 N–H and O–H groups in total. The van der Waals surface area contributed by atoms with Gasteiger partial charge in [-0.25, -0.2) is 26.4 Å². The largest absolute Gasteiger partial charge is 0.410 e. The number of benzene rings is 2. The molecule has 1 amide bonds. The normalized spacial score (nSPS) is 11.1. The topological polar surface area (TPSA) is 98.5 Å². The first-order valence-electron chi connectivity index (χ1n) is 5.94. The maximum atomic E-state index is 14.0. The van der Waals surface area contributed by atoms with Crippen LogP contribution in [0.5, 0.6) is 5.75 Å². The molecular weight excluding hydrogens is 337 g/mol. The predicted molar refractivity (Wildman–Crippen MR) is 73.8 cm³/mol. The Morgan fingerprint density at radius 1 is 1.13 bits per heavy atom. The van der Waals surface area contributed by atoms with Gasteiger partial charge in [0.1, 0.15) is 16.5 Å². The molecule has 122 valence electrons. The zero-order valence-electron chi connectivity index (χ0n) is 11.2. The Bertz CT molecular complexity index is 872. The third kappa shape index (κ3) is 3.72. The summed E-state index contributed by atoms with van der Waals surface area (Å²) in [6.07, 6.45) is -1.31. The van der Waals surface area contributed by atoms with E-state index in [0.29, 0.717) is 12.1 Å². The van der Waals surface area contributed by atoms with Crippen molar-refractivity contribution in [1.82, 2.24) is 0 Å². The lowest BCUT2D eigenvalue weighted by molar-refractivity contribution is 0.209. The van der Waals surface area contributed by atoms with Crippen molar-refractivity contribution in [2.75, 3.05) is 4.72 Å². The highest BCUT2D eigenvalue weighted by Gasteiger charge is 2.22. The maximum Gasteiger partial charge on any atom is 0.410 e. The zero-order chi connectivity index (χ0) is 17.2. The molecule has 0 saturated carbocycles. The van der Waals surface area contributed by atoms with Crippen LogP contribution in [0.1, 0.15) is 0 Å². The van der Waals surface area contributed by atoms with E-state index in [4.69, 9.17) is 5.73 Å². The zero-order valence-corrected chi connectivity index (χ0v) is 12.0. The lowest BCUT2D eigenvalue weighted by Crippen LogP contribution is -2.19. The third-order valence-electron chi connectivity index (χ3n) is 2.60. The number of rotatable bonds is 4. The summed E-state index contributed by atoms with van der Waals surface area (Å²) < 4.78 is 70.9. The smallest absolute Gasteiger partial charge is 0.407 e. The van der Waals surface area contributed by atoms with Crippen molar-refractivity contribution in [2.45, 2.75) is 4.90 Å². The standard InChI is InChI=1S/C13H9F3N2O4S/c14-7-4-5-8(15)11(6-7)23(20,21)18-9-2-1-3-10(12(9)16)22-13(17)19/h1-6,18H,(H2,17,19). The summed E-state index contributed by atoms with van der Waals surface area (Å²) >= 11 is 0. The molecular formula is C13H9F3N2O4S. The molecule has 0 fully saturated rings. The Hall–Kier alpha value is -2.75. The van der Waals surface area contributed by atoms with Crippen LogP contribution < -0.4 is 15.2 Å². The summed E-state index contributed by atoms with van der Waals surface area (Å²) in [4.78, 5) is 9.62. The molecule has 0 heterocycles. The molecule has 10 heteroatoms. The number of sulfonamides is 1. The third-order valence-corrected chi connectivity index (χ3v) is 3.98. The predicted octanol–water partition coefficient (Wildman–Crippen LogP) is 2.36. The Morgan fingerprint density at radius 3 is 2.48 bits per heavy atom. The summed E-state index contributed by atoms with van der Waals surface area (Å²) in [7, 11) is -4.61. The molecule has 2 rings (SSSR count). The fraction of sp³-hybridized carbons (Fsp3) is 0. The lowest BCUT2D eigenvalue weighted by atomic mass is 10.3. The van der Waals surface area contributed by atoms with Gasteiger partial charge in [0.15, 0.2) is 11.6 Å². The van der Waals surface area contributed by atoms with E-state index in [1.165, 1.54) is 6.07 Å². The monoisotopic (exact) mass is 346 g/mol. The van der Waals surface area contributed by atoms with Crippen LogP contribution in [0.3, 0.4) is 0 Å². The van der Waals surface area contributed by atoms with Crippen molar-refractivity contribution in [3.05, 3.63) is 53.8 Å². The molecule has 0 aliphatic heterocycles. The minimum absolute atomic E-state index is 0.444. The van der Waals surface area contributed by atoms with Gasteiger partial charge in [-0.2, -0.15) is 0 Å². The van der Waals surface area contributed by atoms with E-state index in [-0.39, 0.29) is 0 Å². The molecule has 0 unspecified atom stereocenters. The van der Waals surface area contributed by atoms with Gasteiger partial charge in [-0.05, 0) is 30.3 Å². The van der Waals surface area contributed by atoms with Crippen molar-refractivity contribution >= 4 is 21.8 Å². The molecule has 0 aromatic heterocycles. The second kappa shape index (κ2) is 6.16. The highest BCUT2D eigenvalue weighted by atomic mass is 32.2. The lowest BCUT2D eigenvalue weighted by Gasteiger charge is -2.11. The summed E-state index contributed by atoms with van der Waals surface area (Å²) in [5.74, 6) is -4.08. The molecule has 2 aromatic carbocycles. The molecule has 0 bridgehead atoms. The second-order valence-corrected chi connectivity index (χ2v) is 5.87. The summed E-state index contributed by atoms with van der Waals surface area (Å²) in [6.45, 7) is 0. The SMILES string of the molecule is NC(=O)Oc1cccc(NS(=O)(=O)c2cc(F)ccc2F)c1F. The first-order chi connectivity index (χ1) is 10.7. The number of primary amides is 1. The Morgan fingerprint density at radius 2 is 1.83 bits per heavy atom. The molecule has 0 radical (unpaired) electrons. The number of anilines is 1. The van der Waals surface area contributed by atoms with Crippen LogP contribution in [0.25, 0.3) is 0 Å². The van der Waals surface area contributed by atoms with Gasteiger partial charge in [0.25, 0.3) is 10.0 Å². The number of carbonyl (C=O) groups excluding carboxylic acids is 1. The van der Waals surface area contributed by atoms with Crippen LogP contribution in [0.2, 0.25) is 0 Å². The minimum Gasteiger partial charge on any atom is -0.407 e. The number of amides is 1. The maximum absolute atomic E-state index is 14.0. The molecule has 0 atom stereocenters. The number of hydrogen-bond donors (Lipinski definition) is 2. The number of nitrogens with one attached hydrogen (secondary N) is 1. The number of carbonyl (C=O) groups is 1. The van der Waals surface area contributed by atoms with E-state index in [1.807, 2.05) is 0 Å². The number of ether oxygens (including phenoxy) is 1. The Labute approximate surface area is 128 Å². The first-order valence-corrected chi connectivity index (χ1v) is 7.42. The van der Waals surface area contributed by atoms with E-state index in [2.05, 4.69) is 4.74 Å². The fourth-order valence-corrected chi connectivity index (χ4v) is 2.81. The van der Waals surface area contributed by atoms with Crippen LogP contribution in [-0.2, 0) is 10.0 Å². The number of halogens is 3. The van der Waals surface area contributed by atoms with E-state index in [1.54, 1.807) is 4.72 Å². The van der Waals surface area contributed by atoms with Crippen LogP contribution in [0.15, 0.2) is 41.3 Å². The average Bonchev–Trinajstić information content (AvgIpc) is 2.45. The second-order valence-electron chi connectivity index (χ2n) is 4.22. The molecule has 0 saturated heterocycles. The number of nitrogens with two attached hydrogens (primary N) is 1. The van der Waals surface area contributed by atoms with Gasteiger partial charge in [-0.15, -0.1) is 0 Å². The van der Waals surface area contributed by atoms with Crippen molar-refractivity contribution in [3.63, 3.8) is 0 Å². The number of hydrogen-bond acceptors (Lipinski definition) is 4. The van der Waals surface area contributed by atoms with Gasteiger partial charge in [-0.1, -0.05) is 6.07 Å².